The van der Waals surface area contributed by atoms with E-state index >= 15 is 0 Å². The summed E-state index contributed by atoms with van der Waals surface area (Å²) in [6.07, 6.45) is 0. The zero-order chi connectivity index (χ0) is 9.14. The Kier molecular flexibility index (Phi) is 2.67. The van der Waals surface area contributed by atoms with Crippen LogP contribution in [0.2, 0.25) is 0 Å². The van der Waals surface area contributed by atoms with Gasteiger partial charge in [0.25, 0.3) is 0 Å². The average Bonchev–Trinajstić information content (AvgIpc) is 2.03. The lowest BCUT2D eigenvalue weighted by Crippen LogP contribution is -2.32. The number of phenolic OH excluding ortho intramolecular Hbond substituents is 1. The molecule has 0 aliphatic rings. The minimum Gasteiger partial charge on any atom is -0.508 e. The molecule has 12 heavy (non-hydrogen) atoms. The zero-order valence-corrected chi connectivity index (χ0v) is 6.49. The van der Waals surface area contributed by atoms with Crippen LogP contribution >= 0.6 is 0 Å². The second kappa shape index (κ2) is 3.56. The Bertz CT molecular complexity index is 279. The first-order chi connectivity index (χ1) is 5.65. The Morgan fingerprint density at radius 2 is 2.17 bits per heavy atom. The highest BCUT2D eigenvalue weighted by Crippen LogP contribution is 2.07. The zero-order valence-electron chi connectivity index (χ0n) is 6.49. The van der Waals surface area contributed by atoms with Gasteiger partial charge in [0, 0.05) is 18.6 Å². The van der Waals surface area contributed by atoms with Gasteiger partial charge in [0.15, 0.2) is 0 Å². The van der Waals surface area contributed by atoms with E-state index in [1.54, 1.807) is 0 Å². The van der Waals surface area contributed by atoms with Gasteiger partial charge in [-0.2, -0.15) is 0 Å². The van der Waals surface area contributed by atoms with Crippen molar-refractivity contribution in [2.45, 2.75) is 0 Å². The molecular formula is C7H8BFO3. The first kappa shape index (κ1) is 9.03. The van der Waals surface area contributed by atoms with Gasteiger partial charge in [-0.25, -0.2) is 4.39 Å². The fraction of sp³-hybridized carbons (Fsp3) is 0.143. The molecule has 0 saturated heterocycles. The molecular weight excluding hydrogens is 162 g/mol. The van der Waals surface area contributed by atoms with Gasteiger partial charge in [0.2, 0.25) is 0 Å². The summed E-state index contributed by atoms with van der Waals surface area (Å²) >= 11 is 0. The Morgan fingerprint density at radius 3 is 2.67 bits per heavy atom. The van der Waals surface area contributed by atoms with Crippen molar-refractivity contribution < 1.29 is 19.2 Å². The molecule has 0 saturated carbocycles. The fourth-order valence-electron chi connectivity index (χ4n) is 0.853. The van der Waals surface area contributed by atoms with Crippen molar-refractivity contribution in [3.63, 3.8) is 0 Å². The van der Waals surface area contributed by atoms with Crippen molar-refractivity contribution in [2.75, 3.05) is 7.11 Å². The number of rotatable bonds is 2. The number of halogens is 1. The van der Waals surface area contributed by atoms with Crippen LogP contribution < -0.4 is 5.46 Å². The number of aromatic hydroxyl groups is 1. The van der Waals surface area contributed by atoms with Crippen LogP contribution in [0.1, 0.15) is 0 Å². The highest BCUT2D eigenvalue weighted by atomic mass is 19.1. The highest BCUT2D eigenvalue weighted by molar-refractivity contribution is 6.60. The molecule has 2 N–H and O–H groups in total. The van der Waals surface area contributed by atoms with Crippen molar-refractivity contribution in [1.82, 2.24) is 0 Å². The molecule has 0 aliphatic carbocycles. The molecule has 5 heteroatoms. The van der Waals surface area contributed by atoms with Gasteiger partial charge in [0.05, 0.1) is 0 Å². The molecule has 0 heterocycles. The molecule has 1 aromatic carbocycles. The monoisotopic (exact) mass is 170 g/mol. The van der Waals surface area contributed by atoms with E-state index in [4.69, 9.17) is 10.1 Å². The molecule has 0 radical (unpaired) electrons. The maximum Gasteiger partial charge on any atom is 0.494 e. The molecule has 0 bridgehead atoms. The summed E-state index contributed by atoms with van der Waals surface area (Å²) in [5, 5.41) is 18.2. The molecule has 64 valence electrons. The van der Waals surface area contributed by atoms with Crippen LogP contribution in [0.15, 0.2) is 18.2 Å². The first-order valence-electron chi connectivity index (χ1n) is 3.34. The lowest BCUT2D eigenvalue weighted by Gasteiger charge is -2.05. The Hall–Kier alpha value is -1.07. The van der Waals surface area contributed by atoms with Crippen molar-refractivity contribution in [1.29, 1.82) is 0 Å². The van der Waals surface area contributed by atoms with E-state index in [9.17, 15) is 4.39 Å². The Balaban J connectivity index is 3.01. The van der Waals surface area contributed by atoms with Crippen molar-refractivity contribution in [2.24, 2.45) is 0 Å². The molecule has 3 nitrogen and oxygen atoms in total. The van der Waals surface area contributed by atoms with E-state index < -0.39 is 12.9 Å². The van der Waals surface area contributed by atoms with Gasteiger partial charge in [-0.05, 0) is 6.07 Å². The van der Waals surface area contributed by atoms with E-state index in [0.717, 1.165) is 12.1 Å². The summed E-state index contributed by atoms with van der Waals surface area (Å²) in [5.41, 5.74) is 0.152. The second-order valence-corrected chi connectivity index (χ2v) is 2.29. The summed E-state index contributed by atoms with van der Waals surface area (Å²) in [6, 6.07) is 3.31. The summed E-state index contributed by atoms with van der Waals surface area (Å²) < 4.78 is 17.0. The lowest BCUT2D eigenvalue weighted by molar-refractivity contribution is 0.339. The smallest absolute Gasteiger partial charge is 0.494 e. The van der Waals surface area contributed by atoms with Crippen molar-refractivity contribution in [3.05, 3.63) is 24.0 Å². The van der Waals surface area contributed by atoms with E-state index in [1.807, 2.05) is 0 Å². The van der Waals surface area contributed by atoms with Crippen molar-refractivity contribution in [3.8, 4) is 5.75 Å². The maximum absolute atomic E-state index is 12.4. The fourth-order valence-corrected chi connectivity index (χ4v) is 0.853. The summed E-state index contributed by atoms with van der Waals surface area (Å²) in [7, 11) is 0.0681. The molecule has 0 unspecified atom stereocenters. The lowest BCUT2D eigenvalue weighted by atomic mass is 9.79. The molecule has 0 aromatic heterocycles. The third-order valence-corrected chi connectivity index (χ3v) is 1.48. The van der Waals surface area contributed by atoms with Crippen LogP contribution in [0.4, 0.5) is 4.39 Å². The van der Waals surface area contributed by atoms with E-state index in [0.29, 0.717) is 0 Å². The van der Waals surface area contributed by atoms with Crippen LogP contribution in [-0.4, -0.2) is 24.4 Å². The number of hydrogen-bond acceptors (Lipinski definition) is 3. The number of phenols is 1. The molecule has 1 rings (SSSR count). The molecule has 1 aromatic rings. The third kappa shape index (κ3) is 1.75. The van der Waals surface area contributed by atoms with E-state index in [1.165, 1.54) is 13.2 Å². The van der Waals surface area contributed by atoms with Gasteiger partial charge >= 0.3 is 7.12 Å². The van der Waals surface area contributed by atoms with Crippen LogP contribution in [-0.2, 0) is 4.65 Å². The van der Waals surface area contributed by atoms with Gasteiger partial charge in [-0.1, -0.05) is 6.07 Å². The first-order valence-corrected chi connectivity index (χ1v) is 3.34. The molecule has 0 aliphatic heterocycles. The SMILES string of the molecule is COB(O)c1ccc(F)cc1O. The number of hydrogen-bond donors (Lipinski definition) is 2. The van der Waals surface area contributed by atoms with Crippen LogP contribution in [0.25, 0.3) is 0 Å². The molecule has 0 spiro atoms. The van der Waals surface area contributed by atoms with Gasteiger partial charge in [0.1, 0.15) is 11.6 Å². The maximum atomic E-state index is 12.4. The third-order valence-electron chi connectivity index (χ3n) is 1.48. The standard InChI is InChI=1S/C7H8BFO3/c1-12-8(11)6-3-2-5(9)4-7(6)10/h2-4,10-11H,1H3. The van der Waals surface area contributed by atoms with Gasteiger partial charge < -0.3 is 14.8 Å². The molecule has 0 atom stereocenters. The minimum absolute atomic E-state index is 0.152. The van der Waals surface area contributed by atoms with E-state index in [-0.39, 0.29) is 11.2 Å². The predicted molar refractivity (Wildman–Crippen MR) is 42.7 cm³/mol. The van der Waals surface area contributed by atoms with Gasteiger partial charge in [-0.3, -0.25) is 0 Å². The largest absolute Gasteiger partial charge is 0.508 e. The van der Waals surface area contributed by atoms with Crippen LogP contribution in [0.5, 0.6) is 5.75 Å². The quantitative estimate of drug-likeness (QED) is 0.607. The van der Waals surface area contributed by atoms with E-state index in [2.05, 4.69) is 4.65 Å². The van der Waals surface area contributed by atoms with Crippen molar-refractivity contribution >= 4 is 12.6 Å². The highest BCUT2D eigenvalue weighted by Gasteiger charge is 2.18. The second-order valence-electron chi connectivity index (χ2n) is 2.29. The summed E-state index contributed by atoms with van der Waals surface area (Å²) in [6.45, 7) is 0. The Labute approximate surface area is 69.6 Å². The topological polar surface area (TPSA) is 49.7 Å². The summed E-state index contributed by atoms with van der Waals surface area (Å²) in [5.74, 6) is -0.871. The average molecular weight is 170 g/mol. The normalized spacial score (nSPS) is 9.92. The van der Waals surface area contributed by atoms with Gasteiger partial charge in [-0.15, -0.1) is 0 Å². The van der Waals surface area contributed by atoms with Crippen LogP contribution in [0.3, 0.4) is 0 Å². The molecule has 0 amide bonds. The Morgan fingerprint density at radius 1 is 1.50 bits per heavy atom. The summed E-state index contributed by atoms with van der Waals surface area (Å²) in [4.78, 5) is 0. The predicted octanol–water partition coefficient (Wildman–Crippen LogP) is -0.135. The molecule has 0 fully saturated rings. The number of benzene rings is 1. The van der Waals surface area contributed by atoms with Crippen LogP contribution in [0, 0.1) is 5.82 Å². The minimum atomic E-state index is -1.22.